The summed E-state index contributed by atoms with van der Waals surface area (Å²) in [6, 6.07) is -0.743. The van der Waals surface area contributed by atoms with Gasteiger partial charge in [-0.15, -0.1) is 0 Å². The molecular formula is C4H10N2O2S2. The van der Waals surface area contributed by atoms with Crippen molar-refractivity contribution >= 4 is 31.0 Å². The number of carbonyl (C=O) groups is 1. The summed E-state index contributed by atoms with van der Waals surface area (Å²) in [5.41, 5.74) is 5.08. The van der Waals surface area contributed by atoms with Crippen molar-refractivity contribution in [3.8, 4) is 0 Å². The van der Waals surface area contributed by atoms with Gasteiger partial charge < -0.3 is 10.8 Å². The molecule has 0 aromatic heterocycles. The van der Waals surface area contributed by atoms with Crippen molar-refractivity contribution in [3.63, 3.8) is 0 Å². The van der Waals surface area contributed by atoms with Gasteiger partial charge in [-0.25, -0.2) is 4.78 Å². The molecule has 1 atom stereocenters. The molecule has 10 heavy (non-hydrogen) atoms. The maximum atomic E-state index is 9.93. The second-order valence-corrected chi connectivity index (χ2v) is 1.90. The Balaban J connectivity index is 0. The van der Waals surface area contributed by atoms with Crippen molar-refractivity contribution in [2.45, 2.75) is 12.5 Å². The Morgan fingerprint density at radius 1 is 1.80 bits per heavy atom. The Morgan fingerprint density at radius 3 is 2.30 bits per heavy atom. The van der Waals surface area contributed by atoms with Crippen LogP contribution >= 0.6 is 12.6 Å². The molecule has 0 rings (SSSR count). The number of hydrogen-bond donors (Lipinski definition) is 4. The molecule has 0 heterocycles. The molecular weight excluding hydrogens is 172 g/mol. The highest BCUT2D eigenvalue weighted by atomic mass is 32.1. The van der Waals surface area contributed by atoms with Crippen LogP contribution in [0.1, 0.15) is 6.42 Å². The highest BCUT2D eigenvalue weighted by Crippen LogP contribution is 1.88. The zero-order valence-corrected chi connectivity index (χ0v) is 6.99. The molecule has 0 amide bonds. The molecule has 0 aromatic carbocycles. The first-order valence-corrected chi connectivity index (χ1v) is 3.52. The molecule has 1 unspecified atom stereocenters. The Morgan fingerprint density at radius 2 is 2.20 bits per heavy atom. The van der Waals surface area contributed by atoms with Crippen LogP contribution in [-0.4, -0.2) is 22.9 Å². The van der Waals surface area contributed by atoms with Crippen molar-refractivity contribution in [2.24, 2.45) is 5.73 Å². The van der Waals surface area contributed by atoms with E-state index in [4.69, 9.17) is 15.6 Å². The average molecular weight is 182 g/mol. The second-order valence-electron chi connectivity index (χ2n) is 1.46. The fourth-order valence-corrected chi connectivity index (χ4v) is 0.541. The summed E-state index contributed by atoms with van der Waals surface area (Å²) < 4.78 is 5.33. The lowest BCUT2D eigenvalue weighted by Crippen LogP contribution is -2.30. The fraction of sp³-hybridized carbons (Fsp3) is 0.750. The third-order valence-electron chi connectivity index (χ3n) is 0.757. The highest BCUT2D eigenvalue weighted by molar-refractivity contribution is 7.80. The van der Waals surface area contributed by atoms with E-state index in [1.54, 1.807) is 0 Å². The first kappa shape index (κ1) is 12.5. The minimum atomic E-state index is -0.959. The summed E-state index contributed by atoms with van der Waals surface area (Å²) in [4.78, 5) is 9.93. The topological polar surface area (TPSA) is 87.2 Å². The molecule has 0 saturated carbocycles. The number of hydrogen-bond acceptors (Lipinski definition) is 5. The lowest BCUT2D eigenvalue weighted by Gasteiger charge is -2.00. The maximum Gasteiger partial charge on any atom is 0.320 e. The standard InChI is InChI=1S/C4H9NO2S.HNS/c5-3(1-2-8)4(6)7;1-2/h3,8H,1-2,5H2,(H,6,7);1H. The van der Waals surface area contributed by atoms with Crippen LogP contribution in [0.3, 0.4) is 0 Å². The molecule has 6 heteroatoms. The minimum Gasteiger partial charge on any atom is -0.480 e. The van der Waals surface area contributed by atoms with E-state index in [9.17, 15) is 4.79 Å². The van der Waals surface area contributed by atoms with Gasteiger partial charge in [-0.3, -0.25) is 4.79 Å². The molecule has 0 aliphatic rings. The quantitative estimate of drug-likeness (QED) is 0.463. The van der Waals surface area contributed by atoms with Crippen LogP contribution in [0, 0.1) is 4.78 Å². The summed E-state index contributed by atoms with van der Waals surface area (Å²) >= 11 is 7.14. The second kappa shape index (κ2) is 8.80. The van der Waals surface area contributed by atoms with Gasteiger partial charge in [0.2, 0.25) is 0 Å². The average Bonchev–Trinajstić information content (AvgIpc) is 1.93. The minimum absolute atomic E-state index is 0.429. The number of carboxylic acid groups (broad SMARTS) is 1. The SMILES string of the molecule is N=S.NC(CCS)C(=O)O. The molecule has 4 N–H and O–H groups in total. The predicted octanol–water partition coefficient (Wildman–Crippen LogP) is 0.0139. The molecule has 0 radical (unpaired) electrons. The van der Waals surface area contributed by atoms with E-state index < -0.39 is 12.0 Å². The molecule has 60 valence electrons. The third-order valence-corrected chi connectivity index (χ3v) is 1.02. The van der Waals surface area contributed by atoms with E-state index in [2.05, 4.69) is 25.1 Å². The van der Waals surface area contributed by atoms with E-state index in [-0.39, 0.29) is 0 Å². The first-order chi connectivity index (χ1) is 4.68. The Bertz CT molecular complexity index is 101. The van der Waals surface area contributed by atoms with E-state index in [0.29, 0.717) is 12.2 Å². The lowest BCUT2D eigenvalue weighted by atomic mass is 10.2. The number of nitrogens with two attached hydrogens (primary N) is 1. The van der Waals surface area contributed by atoms with Crippen LogP contribution in [0.5, 0.6) is 0 Å². The highest BCUT2D eigenvalue weighted by Gasteiger charge is 2.08. The van der Waals surface area contributed by atoms with Gasteiger partial charge in [0.1, 0.15) is 6.04 Å². The van der Waals surface area contributed by atoms with Gasteiger partial charge in [0.05, 0.1) is 0 Å². The Hall–Kier alpha value is -0.200. The molecule has 0 bridgehead atoms. The zero-order valence-electron chi connectivity index (χ0n) is 5.28. The van der Waals surface area contributed by atoms with Gasteiger partial charge in [0.25, 0.3) is 0 Å². The van der Waals surface area contributed by atoms with Crippen molar-refractivity contribution < 1.29 is 9.90 Å². The predicted molar refractivity (Wildman–Crippen MR) is 44.2 cm³/mol. The van der Waals surface area contributed by atoms with Crippen LogP contribution < -0.4 is 5.73 Å². The van der Waals surface area contributed by atoms with Gasteiger partial charge in [0.15, 0.2) is 0 Å². The molecule has 0 aliphatic heterocycles. The van der Waals surface area contributed by atoms with Crippen molar-refractivity contribution in [3.05, 3.63) is 0 Å². The summed E-state index contributed by atoms with van der Waals surface area (Å²) in [6.07, 6.45) is 0.429. The van der Waals surface area contributed by atoms with Crippen LogP contribution in [-0.2, 0) is 17.2 Å². The molecule has 0 aromatic rings. The van der Waals surface area contributed by atoms with Crippen LogP contribution in [0.4, 0.5) is 0 Å². The molecule has 0 saturated heterocycles. The third kappa shape index (κ3) is 7.80. The number of thiol groups is 1. The first-order valence-electron chi connectivity index (χ1n) is 2.48. The summed E-state index contributed by atoms with van der Waals surface area (Å²) in [6.45, 7) is 0. The van der Waals surface area contributed by atoms with Crippen LogP contribution in [0.15, 0.2) is 0 Å². The van der Waals surface area contributed by atoms with Gasteiger partial charge in [0, 0.05) is 12.4 Å². The maximum absolute atomic E-state index is 9.93. The Kier molecular flexibility index (Phi) is 11.0. The molecule has 0 aliphatic carbocycles. The van der Waals surface area contributed by atoms with Crippen molar-refractivity contribution in [2.75, 3.05) is 5.75 Å². The van der Waals surface area contributed by atoms with E-state index >= 15 is 0 Å². The number of rotatable bonds is 3. The fourth-order valence-electron chi connectivity index (χ4n) is 0.263. The lowest BCUT2D eigenvalue weighted by molar-refractivity contribution is -0.138. The molecule has 4 nitrogen and oxygen atoms in total. The summed E-state index contributed by atoms with van der Waals surface area (Å²) in [5, 5.41) is 8.15. The van der Waals surface area contributed by atoms with E-state index in [0.717, 1.165) is 0 Å². The Labute approximate surface area is 70.2 Å². The van der Waals surface area contributed by atoms with Crippen LogP contribution in [0.25, 0.3) is 0 Å². The van der Waals surface area contributed by atoms with Gasteiger partial charge in [-0.2, -0.15) is 12.6 Å². The van der Waals surface area contributed by atoms with Crippen molar-refractivity contribution in [1.82, 2.24) is 0 Å². The van der Waals surface area contributed by atoms with Crippen LogP contribution in [0.2, 0.25) is 0 Å². The number of carboxylic acids is 1. The zero-order chi connectivity index (χ0) is 8.57. The van der Waals surface area contributed by atoms with Crippen molar-refractivity contribution in [1.29, 1.82) is 4.78 Å². The smallest absolute Gasteiger partial charge is 0.320 e. The number of nitrogens with one attached hydrogen (secondary N) is 1. The molecule has 0 spiro atoms. The largest absolute Gasteiger partial charge is 0.480 e. The summed E-state index contributed by atoms with van der Waals surface area (Å²) in [7, 11) is 0. The van der Waals surface area contributed by atoms with E-state index in [1.165, 1.54) is 0 Å². The normalized spacial score (nSPS) is 11.0. The van der Waals surface area contributed by atoms with E-state index in [1.807, 2.05) is 0 Å². The van der Waals surface area contributed by atoms with Gasteiger partial charge in [-0.05, 0) is 12.2 Å². The van der Waals surface area contributed by atoms with Gasteiger partial charge >= 0.3 is 5.97 Å². The molecule has 0 fully saturated rings. The summed E-state index contributed by atoms with van der Waals surface area (Å²) in [5.74, 6) is -0.438. The number of aliphatic carboxylic acids is 1. The van der Waals surface area contributed by atoms with Gasteiger partial charge in [-0.1, -0.05) is 0 Å². The monoisotopic (exact) mass is 182 g/mol.